The van der Waals surface area contributed by atoms with Gasteiger partial charge in [-0.05, 0) is 86.2 Å². The summed E-state index contributed by atoms with van der Waals surface area (Å²) < 4.78 is 34.8. The van der Waals surface area contributed by atoms with E-state index < -0.39 is 11.6 Å². The number of benzene rings is 1. The fourth-order valence-electron chi connectivity index (χ4n) is 5.97. The normalized spacial score (nSPS) is 28.3. The molecule has 0 aliphatic heterocycles. The number of hydrogen-bond acceptors (Lipinski definition) is 1. The molecule has 2 aliphatic carbocycles. The van der Waals surface area contributed by atoms with Gasteiger partial charge in [0.15, 0.2) is 11.6 Å². The SMILES string of the molecule is CCCCCOc1ccc(C2CCC(C(C)C3CCC(CC)CC3)CC2)c(F)c1F. The Morgan fingerprint density at radius 2 is 1.50 bits per heavy atom. The van der Waals surface area contributed by atoms with Crippen molar-refractivity contribution >= 4 is 0 Å². The lowest BCUT2D eigenvalue weighted by Crippen LogP contribution is -2.28. The molecule has 3 heteroatoms. The Morgan fingerprint density at radius 1 is 0.867 bits per heavy atom. The minimum absolute atomic E-state index is 0.0670. The standard InChI is InChI=1S/C27H42F2O/c1-4-6-7-18-30-25-17-16-24(26(28)27(25)29)23-14-12-22(13-15-23)19(3)21-10-8-20(5-2)9-11-21/h16-17,19-23H,4-15,18H2,1-3H3. The third-order valence-corrected chi connectivity index (χ3v) is 8.25. The van der Waals surface area contributed by atoms with Gasteiger partial charge in [0.25, 0.3) is 0 Å². The van der Waals surface area contributed by atoms with Gasteiger partial charge in [-0.1, -0.05) is 58.9 Å². The van der Waals surface area contributed by atoms with Gasteiger partial charge in [-0.25, -0.2) is 4.39 Å². The summed E-state index contributed by atoms with van der Waals surface area (Å²) in [4.78, 5) is 0. The van der Waals surface area contributed by atoms with Crippen LogP contribution in [0.25, 0.3) is 0 Å². The van der Waals surface area contributed by atoms with E-state index in [0.29, 0.717) is 12.2 Å². The molecule has 1 atom stereocenters. The molecule has 3 rings (SSSR count). The third-order valence-electron chi connectivity index (χ3n) is 8.25. The molecule has 1 aromatic rings. The van der Waals surface area contributed by atoms with Crippen LogP contribution < -0.4 is 4.74 Å². The van der Waals surface area contributed by atoms with Gasteiger partial charge in [-0.2, -0.15) is 4.39 Å². The molecule has 1 aromatic carbocycles. The molecule has 0 bridgehead atoms. The summed E-state index contributed by atoms with van der Waals surface area (Å²) in [5.41, 5.74) is 0.558. The van der Waals surface area contributed by atoms with Crippen molar-refractivity contribution in [3.8, 4) is 5.75 Å². The van der Waals surface area contributed by atoms with Crippen molar-refractivity contribution in [1.82, 2.24) is 0 Å². The third kappa shape index (κ3) is 5.77. The van der Waals surface area contributed by atoms with Crippen molar-refractivity contribution < 1.29 is 13.5 Å². The highest BCUT2D eigenvalue weighted by molar-refractivity contribution is 5.33. The van der Waals surface area contributed by atoms with Crippen LogP contribution in [0.1, 0.15) is 109 Å². The van der Waals surface area contributed by atoms with Crippen molar-refractivity contribution in [1.29, 1.82) is 0 Å². The second kappa shape index (κ2) is 11.5. The molecule has 0 spiro atoms. The lowest BCUT2D eigenvalue weighted by Gasteiger charge is -2.39. The minimum Gasteiger partial charge on any atom is -0.490 e. The second-order valence-corrected chi connectivity index (χ2v) is 10.00. The van der Waals surface area contributed by atoms with Gasteiger partial charge in [0.1, 0.15) is 0 Å². The molecule has 0 amide bonds. The molecule has 0 saturated heterocycles. The van der Waals surface area contributed by atoms with Crippen molar-refractivity contribution in [3.05, 3.63) is 29.3 Å². The first kappa shape index (κ1) is 23.5. The Morgan fingerprint density at radius 3 is 2.10 bits per heavy atom. The molecule has 2 fully saturated rings. The number of halogens is 2. The van der Waals surface area contributed by atoms with Gasteiger partial charge >= 0.3 is 0 Å². The molecule has 1 nitrogen and oxygen atoms in total. The Bertz CT molecular complexity index is 643. The van der Waals surface area contributed by atoms with Gasteiger partial charge < -0.3 is 4.74 Å². The van der Waals surface area contributed by atoms with E-state index >= 15 is 0 Å². The summed E-state index contributed by atoms with van der Waals surface area (Å²) in [6.45, 7) is 7.34. The Hall–Kier alpha value is -1.12. The molecule has 0 radical (unpaired) electrons. The molecule has 0 heterocycles. The van der Waals surface area contributed by atoms with E-state index in [1.54, 1.807) is 12.1 Å². The van der Waals surface area contributed by atoms with Gasteiger partial charge in [-0.15, -0.1) is 0 Å². The zero-order valence-electron chi connectivity index (χ0n) is 19.4. The Balaban J connectivity index is 1.52. The lowest BCUT2D eigenvalue weighted by molar-refractivity contribution is 0.133. The summed E-state index contributed by atoms with van der Waals surface area (Å²) in [5.74, 6) is 2.06. The number of ether oxygens (including phenoxy) is 1. The largest absolute Gasteiger partial charge is 0.490 e. The number of hydrogen-bond donors (Lipinski definition) is 0. The van der Waals surface area contributed by atoms with Crippen LogP contribution in [0.4, 0.5) is 8.78 Å². The minimum atomic E-state index is -0.799. The number of rotatable bonds is 9. The average molecular weight is 421 g/mol. The van der Waals surface area contributed by atoms with E-state index in [0.717, 1.165) is 68.6 Å². The molecular weight excluding hydrogens is 378 g/mol. The quantitative estimate of drug-likeness (QED) is 0.363. The van der Waals surface area contributed by atoms with Gasteiger partial charge in [0.2, 0.25) is 5.82 Å². The maximum atomic E-state index is 14.8. The highest BCUT2D eigenvalue weighted by Crippen LogP contribution is 2.45. The predicted molar refractivity (Wildman–Crippen MR) is 121 cm³/mol. The van der Waals surface area contributed by atoms with E-state index in [2.05, 4.69) is 20.8 Å². The second-order valence-electron chi connectivity index (χ2n) is 10.00. The van der Waals surface area contributed by atoms with Crippen molar-refractivity contribution in [3.63, 3.8) is 0 Å². The van der Waals surface area contributed by atoms with Crippen LogP contribution in [0.15, 0.2) is 12.1 Å². The fourth-order valence-corrected chi connectivity index (χ4v) is 5.97. The van der Waals surface area contributed by atoms with Crippen LogP contribution in [-0.2, 0) is 0 Å². The average Bonchev–Trinajstić information content (AvgIpc) is 2.79. The molecule has 0 aromatic heterocycles. The van der Waals surface area contributed by atoms with Crippen LogP contribution in [0.3, 0.4) is 0 Å². The first-order valence-electron chi connectivity index (χ1n) is 12.7. The number of unbranched alkanes of at least 4 members (excludes halogenated alkanes) is 2. The molecular formula is C27H42F2O. The summed E-state index contributed by atoms with van der Waals surface area (Å²) in [6, 6.07) is 3.41. The van der Waals surface area contributed by atoms with E-state index in [1.807, 2.05) is 0 Å². The first-order chi connectivity index (χ1) is 14.5. The van der Waals surface area contributed by atoms with E-state index in [1.165, 1.54) is 32.1 Å². The highest BCUT2D eigenvalue weighted by Gasteiger charge is 2.33. The Labute approximate surface area is 183 Å². The Kier molecular flexibility index (Phi) is 9.01. The summed E-state index contributed by atoms with van der Waals surface area (Å²) in [5, 5.41) is 0. The van der Waals surface area contributed by atoms with Crippen LogP contribution in [0.2, 0.25) is 0 Å². The molecule has 0 N–H and O–H groups in total. The van der Waals surface area contributed by atoms with Crippen molar-refractivity contribution in [2.75, 3.05) is 6.61 Å². The smallest absolute Gasteiger partial charge is 0.200 e. The fraction of sp³-hybridized carbons (Fsp3) is 0.778. The van der Waals surface area contributed by atoms with Gasteiger partial charge in [0.05, 0.1) is 6.61 Å². The van der Waals surface area contributed by atoms with Crippen LogP contribution in [-0.4, -0.2) is 6.61 Å². The lowest BCUT2D eigenvalue weighted by atomic mass is 9.66. The van der Waals surface area contributed by atoms with E-state index in [-0.39, 0.29) is 11.7 Å². The zero-order valence-corrected chi connectivity index (χ0v) is 19.4. The predicted octanol–water partition coefficient (Wildman–Crippen LogP) is 8.66. The summed E-state index contributed by atoms with van der Waals surface area (Å²) in [7, 11) is 0. The molecule has 1 unspecified atom stereocenters. The summed E-state index contributed by atoms with van der Waals surface area (Å²) >= 11 is 0. The monoisotopic (exact) mass is 420 g/mol. The molecule has 170 valence electrons. The van der Waals surface area contributed by atoms with Crippen LogP contribution in [0.5, 0.6) is 5.75 Å². The van der Waals surface area contributed by atoms with Crippen molar-refractivity contribution in [2.45, 2.75) is 104 Å². The maximum absolute atomic E-state index is 14.8. The highest BCUT2D eigenvalue weighted by atomic mass is 19.2. The van der Waals surface area contributed by atoms with Gasteiger partial charge in [-0.3, -0.25) is 0 Å². The van der Waals surface area contributed by atoms with Crippen LogP contribution in [0, 0.1) is 35.3 Å². The van der Waals surface area contributed by atoms with Gasteiger partial charge in [0, 0.05) is 0 Å². The van der Waals surface area contributed by atoms with E-state index in [4.69, 9.17) is 4.74 Å². The molecule has 2 saturated carbocycles. The zero-order chi connectivity index (χ0) is 21.5. The first-order valence-corrected chi connectivity index (χ1v) is 12.7. The van der Waals surface area contributed by atoms with Crippen molar-refractivity contribution in [2.24, 2.45) is 23.7 Å². The van der Waals surface area contributed by atoms with Crippen LogP contribution >= 0.6 is 0 Å². The molecule has 30 heavy (non-hydrogen) atoms. The maximum Gasteiger partial charge on any atom is 0.200 e. The topological polar surface area (TPSA) is 9.23 Å². The van der Waals surface area contributed by atoms with E-state index in [9.17, 15) is 8.78 Å². The summed E-state index contributed by atoms with van der Waals surface area (Å²) in [6.07, 6.45) is 14.2. The molecule has 2 aliphatic rings.